The van der Waals surface area contributed by atoms with Crippen molar-refractivity contribution >= 4 is 39.2 Å². The number of primary amides is 1. The van der Waals surface area contributed by atoms with Crippen molar-refractivity contribution in [3.8, 4) is 0 Å². The third-order valence-corrected chi connectivity index (χ3v) is 2.67. The molecule has 74 valence electrons. The third kappa shape index (κ3) is 2.13. The molecule has 1 rings (SSSR count). The van der Waals surface area contributed by atoms with Crippen molar-refractivity contribution in [3.05, 3.63) is 32.8 Å². The van der Waals surface area contributed by atoms with E-state index in [4.69, 9.17) is 17.3 Å². The number of nitrogens with two attached hydrogens (primary N) is 1. The number of rotatable bonds is 2. The van der Waals surface area contributed by atoms with E-state index < -0.39 is 5.91 Å². The largest absolute Gasteiger partial charge is 0.366 e. The van der Waals surface area contributed by atoms with Gasteiger partial charge in [-0.05, 0) is 35.0 Å². The zero-order valence-corrected chi connectivity index (χ0v) is 9.65. The zero-order chi connectivity index (χ0) is 10.9. The van der Waals surface area contributed by atoms with Gasteiger partial charge in [0, 0.05) is 10.0 Å². The van der Waals surface area contributed by atoms with E-state index >= 15 is 0 Å². The second-order valence-electron chi connectivity index (χ2n) is 2.73. The van der Waals surface area contributed by atoms with Crippen LogP contribution in [0.4, 0.5) is 0 Å². The molecule has 0 aromatic heterocycles. The summed E-state index contributed by atoms with van der Waals surface area (Å²) in [6.45, 7) is 1.37. The van der Waals surface area contributed by atoms with Gasteiger partial charge in [0.1, 0.15) is 0 Å². The molecule has 0 radical (unpaired) electrons. The summed E-state index contributed by atoms with van der Waals surface area (Å²) in [6, 6.07) is 2.87. The lowest BCUT2D eigenvalue weighted by Crippen LogP contribution is -2.12. The monoisotopic (exact) mass is 275 g/mol. The van der Waals surface area contributed by atoms with E-state index in [9.17, 15) is 9.59 Å². The summed E-state index contributed by atoms with van der Waals surface area (Å²) in [5, 5.41) is 0.300. The van der Waals surface area contributed by atoms with E-state index in [1.54, 1.807) is 0 Å². The molecular weight excluding hydrogens is 269 g/mol. The lowest BCUT2D eigenvalue weighted by atomic mass is 10.1. The first-order valence-corrected chi connectivity index (χ1v) is 4.90. The minimum Gasteiger partial charge on any atom is -0.366 e. The van der Waals surface area contributed by atoms with Gasteiger partial charge in [-0.3, -0.25) is 9.59 Å². The van der Waals surface area contributed by atoms with Crippen molar-refractivity contribution in [2.24, 2.45) is 5.73 Å². The molecule has 0 aliphatic heterocycles. The highest BCUT2D eigenvalue weighted by Crippen LogP contribution is 2.25. The molecular formula is C9H7BrClNO2. The first-order valence-electron chi connectivity index (χ1n) is 3.73. The quantitative estimate of drug-likeness (QED) is 0.843. The van der Waals surface area contributed by atoms with E-state index in [2.05, 4.69) is 15.9 Å². The van der Waals surface area contributed by atoms with Crippen LogP contribution >= 0.6 is 27.5 Å². The summed E-state index contributed by atoms with van der Waals surface area (Å²) in [7, 11) is 0. The fourth-order valence-corrected chi connectivity index (χ4v) is 1.97. The summed E-state index contributed by atoms with van der Waals surface area (Å²) in [4.78, 5) is 22.0. The number of carbonyl (C=O) groups is 2. The predicted octanol–water partition coefficient (Wildman–Crippen LogP) is 2.40. The van der Waals surface area contributed by atoms with Crippen LogP contribution in [-0.4, -0.2) is 11.7 Å². The van der Waals surface area contributed by atoms with Gasteiger partial charge in [0.25, 0.3) is 0 Å². The SMILES string of the molecule is CC(=O)c1cc(C(N)=O)c(Br)cc1Cl. The Balaban J connectivity index is 3.42. The molecule has 1 aromatic rings. The topological polar surface area (TPSA) is 60.2 Å². The Morgan fingerprint density at radius 2 is 1.93 bits per heavy atom. The molecule has 1 amide bonds. The van der Waals surface area contributed by atoms with Gasteiger partial charge in [0.05, 0.1) is 10.6 Å². The van der Waals surface area contributed by atoms with Crippen molar-refractivity contribution in [1.82, 2.24) is 0 Å². The van der Waals surface area contributed by atoms with Crippen LogP contribution in [0.25, 0.3) is 0 Å². The Morgan fingerprint density at radius 1 is 1.36 bits per heavy atom. The van der Waals surface area contributed by atoms with Gasteiger partial charge < -0.3 is 5.73 Å². The van der Waals surface area contributed by atoms with Crippen LogP contribution in [0.2, 0.25) is 5.02 Å². The van der Waals surface area contributed by atoms with Gasteiger partial charge in [-0.25, -0.2) is 0 Å². The number of hydrogen-bond acceptors (Lipinski definition) is 2. The number of carbonyl (C=O) groups excluding carboxylic acids is 2. The molecule has 0 saturated carbocycles. The Labute approximate surface area is 94.4 Å². The second kappa shape index (κ2) is 4.11. The molecule has 0 spiro atoms. The van der Waals surface area contributed by atoms with Gasteiger partial charge in [-0.1, -0.05) is 11.6 Å². The number of ketones is 1. The molecule has 0 atom stereocenters. The highest BCUT2D eigenvalue weighted by Gasteiger charge is 2.13. The van der Waals surface area contributed by atoms with Gasteiger partial charge >= 0.3 is 0 Å². The molecule has 0 aliphatic carbocycles. The molecule has 1 aromatic carbocycles. The van der Waals surface area contributed by atoms with Gasteiger partial charge in [-0.2, -0.15) is 0 Å². The van der Waals surface area contributed by atoms with E-state index in [1.165, 1.54) is 19.1 Å². The highest BCUT2D eigenvalue weighted by atomic mass is 79.9. The lowest BCUT2D eigenvalue weighted by Gasteiger charge is -2.04. The molecule has 0 aliphatic rings. The third-order valence-electron chi connectivity index (χ3n) is 1.70. The zero-order valence-electron chi connectivity index (χ0n) is 7.30. The van der Waals surface area contributed by atoms with Crippen LogP contribution in [0.3, 0.4) is 0 Å². The van der Waals surface area contributed by atoms with Crippen molar-refractivity contribution in [2.45, 2.75) is 6.92 Å². The summed E-state index contributed by atoms with van der Waals surface area (Å²) in [6.07, 6.45) is 0. The maximum atomic E-state index is 11.1. The van der Waals surface area contributed by atoms with E-state index in [-0.39, 0.29) is 11.3 Å². The number of Topliss-reactive ketones (excluding diaryl/α,β-unsaturated/α-hetero) is 1. The summed E-state index contributed by atoms with van der Waals surface area (Å²) >= 11 is 8.93. The van der Waals surface area contributed by atoms with Crippen molar-refractivity contribution in [3.63, 3.8) is 0 Å². The average Bonchev–Trinajstić information content (AvgIpc) is 2.02. The minimum absolute atomic E-state index is 0.204. The number of halogens is 2. The summed E-state index contributed by atoms with van der Waals surface area (Å²) < 4.78 is 0.486. The molecule has 0 fully saturated rings. The molecule has 2 N–H and O–H groups in total. The van der Waals surface area contributed by atoms with Crippen LogP contribution in [-0.2, 0) is 0 Å². The van der Waals surface area contributed by atoms with E-state index in [0.717, 1.165) is 0 Å². The van der Waals surface area contributed by atoms with Crippen molar-refractivity contribution < 1.29 is 9.59 Å². The first-order chi connectivity index (χ1) is 6.43. The van der Waals surface area contributed by atoms with Crippen LogP contribution in [0.5, 0.6) is 0 Å². The van der Waals surface area contributed by atoms with Gasteiger partial charge in [-0.15, -0.1) is 0 Å². The summed E-state index contributed by atoms with van der Waals surface area (Å²) in [5.74, 6) is -0.805. The van der Waals surface area contributed by atoms with E-state index in [0.29, 0.717) is 15.1 Å². The Morgan fingerprint density at radius 3 is 2.36 bits per heavy atom. The highest BCUT2D eigenvalue weighted by molar-refractivity contribution is 9.10. The van der Waals surface area contributed by atoms with Gasteiger partial charge in [0.15, 0.2) is 5.78 Å². The lowest BCUT2D eigenvalue weighted by molar-refractivity contribution is 0.0999. The fourth-order valence-electron chi connectivity index (χ4n) is 1.01. The predicted molar refractivity (Wildman–Crippen MR) is 57.7 cm³/mol. The van der Waals surface area contributed by atoms with Crippen molar-refractivity contribution in [2.75, 3.05) is 0 Å². The standard InChI is InChI=1S/C9H7BrClNO2/c1-4(13)5-2-6(9(12)14)7(10)3-8(5)11/h2-3H,1H3,(H2,12,14). The normalized spacial score (nSPS) is 9.93. The van der Waals surface area contributed by atoms with Crippen LogP contribution in [0.15, 0.2) is 16.6 Å². The summed E-state index contributed by atoms with van der Waals surface area (Å²) in [5.41, 5.74) is 5.66. The number of hydrogen-bond donors (Lipinski definition) is 1. The maximum absolute atomic E-state index is 11.1. The molecule has 0 unspecified atom stereocenters. The molecule has 14 heavy (non-hydrogen) atoms. The number of benzene rings is 1. The Kier molecular flexibility index (Phi) is 3.29. The molecule has 0 heterocycles. The number of amides is 1. The smallest absolute Gasteiger partial charge is 0.249 e. The van der Waals surface area contributed by atoms with Crippen molar-refractivity contribution in [1.29, 1.82) is 0 Å². The fraction of sp³-hybridized carbons (Fsp3) is 0.111. The first kappa shape index (κ1) is 11.2. The van der Waals surface area contributed by atoms with Crippen LogP contribution < -0.4 is 5.73 Å². The average molecular weight is 277 g/mol. The molecule has 5 heteroatoms. The minimum atomic E-state index is -0.601. The molecule has 0 saturated heterocycles. The van der Waals surface area contributed by atoms with E-state index in [1.807, 2.05) is 0 Å². The second-order valence-corrected chi connectivity index (χ2v) is 3.99. The molecule has 0 bridgehead atoms. The molecule has 3 nitrogen and oxygen atoms in total. The van der Waals surface area contributed by atoms with Crippen LogP contribution in [0.1, 0.15) is 27.6 Å². The van der Waals surface area contributed by atoms with Gasteiger partial charge in [0.2, 0.25) is 5.91 Å². The van der Waals surface area contributed by atoms with Crippen LogP contribution in [0, 0.1) is 0 Å². The Hall–Kier alpha value is -0.870. The Bertz CT molecular complexity index is 382. The maximum Gasteiger partial charge on any atom is 0.249 e.